The van der Waals surface area contributed by atoms with Gasteiger partial charge < -0.3 is 15.1 Å². The van der Waals surface area contributed by atoms with Crippen molar-refractivity contribution in [1.29, 1.82) is 0 Å². The van der Waals surface area contributed by atoms with Gasteiger partial charge in [0.15, 0.2) is 11.5 Å². The molecule has 0 spiro atoms. The molecule has 0 radical (unpaired) electrons. The van der Waals surface area contributed by atoms with Gasteiger partial charge in [-0.25, -0.2) is 15.0 Å². The first-order chi connectivity index (χ1) is 9.24. The van der Waals surface area contributed by atoms with Gasteiger partial charge in [0.1, 0.15) is 23.5 Å². The van der Waals surface area contributed by atoms with Crippen LogP contribution in [0.4, 0.5) is 17.3 Å². The Morgan fingerprint density at radius 2 is 1.95 bits per heavy atom. The Bertz CT molecular complexity index is 722. The standard InChI is InChI=1S/C13H13N5O/c1-8-17-10-5-9(3-4-11(10)19-8)18-13-6-12(14-2)15-7-16-13/h3-7H,1-2H3,(H2,14,15,16,18). The number of nitrogens with zero attached hydrogens (tertiary/aromatic N) is 3. The van der Waals surface area contributed by atoms with E-state index >= 15 is 0 Å². The normalized spacial score (nSPS) is 10.6. The summed E-state index contributed by atoms with van der Waals surface area (Å²) in [6.45, 7) is 1.83. The summed E-state index contributed by atoms with van der Waals surface area (Å²) in [4.78, 5) is 12.5. The summed E-state index contributed by atoms with van der Waals surface area (Å²) in [6, 6.07) is 7.57. The van der Waals surface area contributed by atoms with Crippen molar-refractivity contribution >= 4 is 28.4 Å². The molecule has 19 heavy (non-hydrogen) atoms. The molecule has 0 saturated heterocycles. The Morgan fingerprint density at radius 3 is 2.79 bits per heavy atom. The fraction of sp³-hybridized carbons (Fsp3) is 0.154. The van der Waals surface area contributed by atoms with E-state index in [2.05, 4.69) is 25.6 Å². The number of nitrogens with one attached hydrogen (secondary N) is 2. The number of anilines is 3. The maximum absolute atomic E-state index is 5.44. The molecule has 3 rings (SSSR count). The number of hydrogen-bond acceptors (Lipinski definition) is 6. The van der Waals surface area contributed by atoms with Crippen LogP contribution in [-0.4, -0.2) is 22.0 Å². The minimum Gasteiger partial charge on any atom is -0.441 e. The number of aromatic nitrogens is 3. The Hall–Kier alpha value is -2.63. The largest absolute Gasteiger partial charge is 0.441 e. The highest BCUT2D eigenvalue weighted by atomic mass is 16.3. The molecule has 2 N–H and O–H groups in total. The average Bonchev–Trinajstić information content (AvgIpc) is 2.78. The summed E-state index contributed by atoms with van der Waals surface area (Å²) in [5.74, 6) is 2.14. The summed E-state index contributed by atoms with van der Waals surface area (Å²) in [5.41, 5.74) is 2.51. The highest BCUT2D eigenvalue weighted by Gasteiger charge is 2.04. The fourth-order valence-electron chi connectivity index (χ4n) is 1.83. The molecule has 6 heteroatoms. The van der Waals surface area contributed by atoms with Gasteiger partial charge in [-0.3, -0.25) is 0 Å². The van der Waals surface area contributed by atoms with Crippen LogP contribution in [0.1, 0.15) is 5.89 Å². The van der Waals surface area contributed by atoms with Crippen LogP contribution < -0.4 is 10.6 Å². The molecule has 1 aromatic carbocycles. The van der Waals surface area contributed by atoms with Crippen LogP contribution in [0.5, 0.6) is 0 Å². The zero-order valence-corrected chi connectivity index (χ0v) is 10.6. The Balaban J connectivity index is 1.91. The van der Waals surface area contributed by atoms with Gasteiger partial charge >= 0.3 is 0 Å². The van der Waals surface area contributed by atoms with Gasteiger partial charge in [0.25, 0.3) is 0 Å². The molecule has 0 amide bonds. The fourth-order valence-corrected chi connectivity index (χ4v) is 1.83. The van der Waals surface area contributed by atoms with E-state index in [1.54, 1.807) is 0 Å². The summed E-state index contributed by atoms with van der Waals surface area (Å²) in [5, 5.41) is 6.17. The number of fused-ring (bicyclic) bond motifs is 1. The third-order valence-electron chi connectivity index (χ3n) is 2.69. The van der Waals surface area contributed by atoms with Gasteiger partial charge in [-0.15, -0.1) is 0 Å². The zero-order chi connectivity index (χ0) is 13.2. The molecule has 0 atom stereocenters. The second-order valence-electron chi connectivity index (χ2n) is 4.08. The number of rotatable bonds is 3. The Kier molecular flexibility index (Phi) is 2.75. The number of aryl methyl sites for hydroxylation is 1. The number of benzene rings is 1. The van der Waals surface area contributed by atoms with Crippen LogP contribution in [0.3, 0.4) is 0 Å². The molecule has 0 aliphatic heterocycles. The maximum atomic E-state index is 5.44. The van der Waals surface area contributed by atoms with Gasteiger partial charge in [0.2, 0.25) is 0 Å². The molecule has 2 heterocycles. The maximum Gasteiger partial charge on any atom is 0.192 e. The van der Waals surface area contributed by atoms with Crippen molar-refractivity contribution in [1.82, 2.24) is 15.0 Å². The molecule has 0 fully saturated rings. The first-order valence-corrected chi connectivity index (χ1v) is 5.88. The quantitative estimate of drug-likeness (QED) is 0.749. The second-order valence-corrected chi connectivity index (χ2v) is 4.08. The Labute approximate surface area is 109 Å². The van der Waals surface area contributed by atoms with E-state index in [-0.39, 0.29) is 0 Å². The predicted octanol–water partition coefficient (Wildman–Crippen LogP) is 2.71. The van der Waals surface area contributed by atoms with Crippen LogP contribution in [0.2, 0.25) is 0 Å². The summed E-state index contributed by atoms with van der Waals surface area (Å²) < 4.78 is 5.44. The van der Waals surface area contributed by atoms with Crippen molar-refractivity contribution in [3.05, 3.63) is 36.5 Å². The van der Waals surface area contributed by atoms with Crippen molar-refractivity contribution in [2.24, 2.45) is 0 Å². The van der Waals surface area contributed by atoms with Gasteiger partial charge in [-0.05, 0) is 18.2 Å². The van der Waals surface area contributed by atoms with Crippen molar-refractivity contribution < 1.29 is 4.42 Å². The van der Waals surface area contributed by atoms with E-state index in [0.29, 0.717) is 5.89 Å². The van der Waals surface area contributed by atoms with Crippen molar-refractivity contribution in [2.75, 3.05) is 17.7 Å². The van der Waals surface area contributed by atoms with E-state index in [1.807, 2.05) is 38.2 Å². The van der Waals surface area contributed by atoms with E-state index in [0.717, 1.165) is 28.4 Å². The van der Waals surface area contributed by atoms with Crippen LogP contribution in [0.25, 0.3) is 11.1 Å². The first-order valence-electron chi connectivity index (χ1n) is 5.88. The highest BCUT2D eigenvalue weighted by Crippen LogP contribution is 2.22. The zero-order valence-electron chi connectivity index (χ0n) is 10.6. The molecule has 3 aromatic rings. The summed E-state index contributed by atoms with van der Waals surface area (Å²) in [6.07, 6.45) is 1.51. The van der Waals surface area contributed by atoms with E-state index < -0.39 is 0 Å². The number of hydrogen-bond donors (Lipinski definition) is 2. The van der Waals surface area contributed by atoms with E-state index in [4.69, 9.17) is 4.42 Å². The van der Waals surface area contributed by atoms with Crippen LogP contribution >= 0.6 is 0 Å². The molecular weight excluding hydrogens is 242 g/mol. The molecule has 6 nitrogen and oxygen atoms in total. The van der Waals surface area contributed by atoms with Crippen molar-refractivity contribution in [3.63, 3.8) is 0 Å². The second kappa shape index (κ2) is 4.56. The summed E-state index contributed by atoms with van der Waals surface area (Å²) >= 11 is 0. The lowest BCUT2D eigenvalue weighted by molar-refractivity contribution is 0.561. The van der Waals surface area contributed by atoms with Crippen LogP contribution in [0.15, 0.2) is 35.0 Å². The van der Waals surface area contributed by atoms with Gasteiger partial charge in [0, 0.05) is 25.7 Å². The molecule has 96 valence electrons. The van der Waals surface area contributed by atoms with Gasteiger partial charge in [-0.2, -0.15) is 0 Å². The average molecular weight is 255 g/mol. The SMILES string of the molecule is CNc1cc(Nc2ccc3oc(C)nc3c2)ncn1. The minimum atomic E-state index is 0.659. The molecule has 0 bridgehead atoms. The smallest absolute Gasteiger partial charge is 0.192 e. The van der Waals surface area contributed by atoms with Crippen LogP contribution in [0, 0.1) is 6.92 Å². The highest BCUT2D eigenvalue weighted by molar-refractivity contribution is 5.78. The topological polar surface area (TPSA) is 75.9 Å². The molecular formula is C13H13N5O. The van der Waals surface area contributed by atoms with Crippen molar-refractivity contribution in [3.8, 4) is 0 Å². The third-order valence-corrected chi connectivity index (χ3v) is 2.69. The molecule has 0 aliphatic rings. The first kappa shape index (κ1) is 11.5. The van der Waals surface area contributed by atoms with Gasteiger partial charge in [-0.1, -0.05) is 0 Å². The molecule has 0 aliphatic carbocycles. The van der Waals surface area contributed by atoms with E-state index in [1.165, 1.54) is 6.33 Å². The van der Waals surface area contributed by atoms with E-state index in [9.17, 15) is 0 Å². The third kappa shape index (κ3) is 2.33. The van der Waals surface area contributed by atoms with Crippen LogP contribution in [-0.2, 0) is 0 Å². The molecule has 0 saturated carbocycles. The minimum absolute atomic E-state index is 0.659. The summed E-state index contributed by atoms with van der Waals surface area (Å²) in [7, 11) is 1.82. The lowest BCUT2D eigenvalue weighted by Gasteiger charge is -2.06. The van der Waals surface area contributed by atoms with Crippen molar-refractivity contribution in [2.45, 2.75) is 6.92 Å². The molecule has 2 aromatic heterocycles. The molecule has 0 unspecified atom stereocenters. The number of oxazole rings is 1. The predicted molar refractivity (Wildman–Crippen MR) is 73.6 cm³/mol. The lowest BCUT2D eigenvalue weighted by atomic mass is 10.3. The monoisotopic (exact) mass is 255 g/mol. The lowest BCUT2D eigenvalue weighted by Crippen LogP contribution is -1.97. The Morgan fingerprint density at radius 1 is 1.11 bits per heavy atom. The van der Waals surface area contributed by atoms with Gasteiger partial charge in [0.05, 0.1) is 0 Å².